The number of aliphatic imine (C=N–C) groups is 1. The van der Waals surface area contributed by atoms with E-state index in [0.717, 1.165) is 43.5 Å². The second-order valence-electron chi connectivity index (χ2n) is 6.11. The first kappa shape index (κ1) is 21.5. The molecule has 0 aliphatic carbocycles. The molecule has 0 fully saturated rings. The van der Waals surface area contributed by atoms with Gasteiger partial charge in [0.25, 0.3) is 0 Å². The molecule has 25 heavy (non-hydrogen) atoms. The highest BCUT2D eigenvalue weighted by molar-refractivity contribution is 14.0. The van der Waals surface area contributed by atoms with E-state index in [-0.39, 0.29) is 24.0 Å². The van der Waals surface area contributed by atoms with E-state index in [2.05, 4.69) is 64.3 Å². The van der Waals surface area contributed by atoms with Crippen molar-refractivity contribution in [1.29, 1.82) is 0 Å². The Balaban J connectivity index is 0.00000312. The van der Waals surface area contributed by atoms with Crippen molar-refractivity contribution in [3.63, 3.8) is 0 Å². The highest BCUT2D eigenvalue weighted by atomic mass is 127. The number of hydrogen-bond acceptors (Lipinski definition) is 3. The molecule has 140 valence electrons. The number of nitrogens with zero attached hydrogens (tertiary/aromatic N) is 6. The summed E-state index contributed by atoms with van der Waals surface area (Å²) in [6, 6.07) is 4.19. The Morgan fingerprint density at radius 2 is 2.08 bits per heavy atom. The fourth-order valence-electron chi connectivity index (χ4n) is 2.40. The molecule has 2 aromatic rings. The number of unbranched alkanes of at least 4 members (excludes halogenated alkanes) is 1. The van der Waals surface area contributed by atoms with Crippen LogP contribution < -0.4 is 5.32 Å². The maximum atomic E-state index is 4.75. The Morgan fingerprint density at radius 3 is 2.64 bits per heavy atom. The number of aromatic nitrogens is 4. The molecular formula is C17H30IN7. The molecule has 8 heteroatoms. The van der Waals surface area contributed by atoms with Gasteiger partial charge in [-0.05, 0) is 25.5 Å². The van der Waals surface area contributed by atoms with Crippen LogP contribution >= 0.6 is 24.0 Å². The Bertz CT molecular complexity index is 674. The minimum Gasteiger partial charge on any atom is -0.356 e. The Kier molecular flexibility index (Phi) is 8.95. The summed E-state index contributed by atoms with van der Waals surface area (Å²) in [6.45, 7) is 6.38. The molecule has 0 bridgehead atoms. The largest absolute Gasteiger partial charge is 0.356 e. The third-order valence-electron chi connectivity index (χ3n) is 4.18. The number of halogens is 1. The van der Waals surface area contributed by atoms with Crippen molar-refractivity contribution >= 4 is 29.9 Å². The smallest absolute Gasteiger partial charge is 0.194 e. The first-order valence-electron chi connectivity index (χ1n) is 8.47. The summed E-state index contributed by atoms with van der Waals surface area (Å²) >= 11 is 0. The van der Waals surface area contributed by atoms with Crippen molar-refractivity contribution in [2.45, 2.75) is 39.8 Å². The summed E-state index contributed by atoms with van der Waals surface area (Å²) in [5, 5.41) is 11.7. The summed E-state index contributed by atoms with van der Waals surface area (Å²) in [6.07, 6.45) is 4.34. The van der Waals surface area contributed by atoms with E-state index in [4.69, 9.17) is 4.99 Å². The van der Waals surface area contributed by atoms with E-state index in [1.807, 2.05) is 18.5 Å². The topological polar surface area (TPSA) is 63.3 Å². The predicted molar refractivity (Wildman–Crippen MR) is 112 cm³/mol. The fourth-order valence-corrected chi connectivity index (χ4v) is 2.40. The van der Waals surface area contributed by atoms with Crippen LogP contribution in [0, 0.1) is 6.92 Å². The van der Waals surface area contributed by atoms with Crippen molar-refractivity contribution in [3.8, 4) is 0 Å². The van der Waals surface area contributed by atoms with Crippen molar-refractivity contribution in [3.05, 3.63) is 35.7 Å². The summed E-state index contributed by atoms with van der Waals surface area (Å²) in [4.78, 5) is 6.90. The van der Waals surface area contributed by atoms with Gasteiger partial charge in [-0.15, -0.1) is 34.2 Å². The van der Waals surface area contributed by atoms with Crippen LogP contribution in [0.3, 0.4) is 0 Å². The Morgan fingerprint density at radius 1 is 1.32 bits per heavy atom. The zero-order valence-corrected chi connectivity index (χ0v) is 18.2. The summed E-state index contributed by atoms with van der Waals surface area (Å²) in [7, 11) is 6.09. The van der Waals surface area contributed by atoms with Gasteiger partial charge in [-0.2, -0.15) is 0 Å². The van der Waals surface area contributed by atoms with E-state index in [1.165, 1.54) is 5.69 Å². The maximum Gasteiger partial charge on any atom is 0.194 e. The lowest BCUT2D eigenvalue weighted by Gasteiger charge is -2.23. The summed E-state index contributed by atoms with van der Waals surface area (Å²) in [5.41, 5.74) is 1.25. The van der Waals surface area contributed by atoms with Crippen LogP contribution in [0.2, 0.25) is 0 Å². The van der Waals surface area contributed by atoms with Crippen LogP contribution in [-0.2, 0) is 27.2 Å². The van der Waals surface area contributed by atoms with Gasteiger partial charge in [0.15, 0.2) is 11.8 Å². The van der Waals surface area contributed by atoms with Crippen LogP contribution in [0.1, 0.15) is 37.1 Å². The van der Waals surface area contributed by atoms with Crippen LogP contribution in [0.4, 0.5) is 0 Å². The predicted octanol–water partition coefficient (Wildman–Crippen LogP) is 2.46. The monoisotopic (exact) mass is 459 g/mol. The molecule has 0 saturated heterocycles. The highest BCUT2D eigenvalue weighted by Crippen LogP contribution is 2.05. The molecule has 0 atom stereocenters. The van der Waals surface area contributed by atoms with Gasteiger partial charge < -0.3 is 19.4 Å². The zero-order valence-electron chi connectivity index (χ0n) is 15.9. The van der Waals surface area contributed by atoms with Gasteiger partial charge in [0.1, 0.15) is 12.4 Å². The van der Waals surface area contributed by atoms with Gasteiger partial charge >= 0.3 is 0 Å². The van der Waals surface area contributed by atoms with E-state index in [9.17, 15) is 0 Å². The lowest BCUT2D eigenvalue weighted by Crippen LogP contribution is -2.39. The minimum atomic E-state index is 0. The first-order valence-corrected chi connectivity index (χ1v) is 8.47. The number of rotatable bonds is 7. The minimum absolute atomic E-state index is 0. The zero-order chi connectivity index (χ0) is 17.5. The summed E-state index contributed by atoms with van der Waals surface area (Å²) < 4.78 is 4.11. The fraction of sp³-hybridized carbons (Fsp3) is 0.588. The molecular weight excluding hydrogens is 429 g/mol. The highest BCUT2D eigenvalue weighted by Gasteiger charge is 2.10. The van der Waals surface area contributed by atoms with E-state index < -0.39 is 0 Å². The SMILES string of the molecule is CCCCNC(=NCc1nnc(C)n1C)N(C)Cc1cccn1C.I. The number of guanidine groups is 1. The van der Waals surface area contributed by atoms with E-state index in [0.29, 0.717) is 6.54 Å². The van der Waals surface area contributed by atoms with Crippen molar-refractivity contribution in [2.75, 3.05) is 13.6 Å². The van der Waals surface area contributed by atoms with Crippen LogP contribution in [0.15, 0.2) is 23.3 Å². The molecule has 0 saturated carbocycles. The maximum absolute atomic E-state index is 4.75. The molecule has 0 aromatic carbocycles. The average molecular weight is 459 g/mol. The van der Waals surface area contributed by atoms with Crippen molar-refractivity contribution in [1.82, 2.24) is 29.5 Å². The molecule has 7 nitrogen and oxygen atoms in total. The molecule has 0 radical (unpaired) electrons. The normalized spacial score (nSPS) is 11.3. The van der Waals surface area contributed by atoms with Crippen LogP contribution in [-0.4, -0.2) is 43.8 Å². The molecule has 0 aliphatic heterocycles. The van der Waals surface area contributed by atoms with Crippen molar-refractivity contribution < 1.29 is 0 Å². The Labute approximate surface area is 167 Å². The van der Waals surface area contributed by atoms with Gasteiger partial charge in [-0.3, -0.25) is 0 Å². The quantitative estimate of drug-likeness (QED) is 0.299. The number of nitrogens with one attached hydrogen (secondary N) is 1. The van der Waals surface area contributed by atoms with Gasteiger partial charge in [0, 0.05) is 39.6 Å². The first-order chi connectivity index (χ1) is 11.5. The van der Waals surface area contributed by atoms with Gasteiger partial charge in [0.05, 0.1) is 6.54 Å². The number of aryl methyl sites for hydroxylation is 2. The average Bonchev–Trinajstić information content (AvgIpc) is 3.10. The molecule has 0 spiro atoms. The van der Waals surface area contributed by atoms with E-state index >= 15 is 0 Å². The Hall–Kier alpha value is -1.58. The van der Waals surface area contributed by atoms with Gasteiger partial charge in [-0.25, -0.2) is 4.99 Å². The lowest BCUT2D eigenvalue weighted by molar-refractivity contribution is 0.458. The number of hydrogen-bond donors (Lipinski definition) is 1. The second-order valence-corrected chi connectivity index (χ2v) is 6.11. The molecule has 0 amide bonds. The van der Waals surface area contributed by atoms with E-state index in [1.54, 1.807) is 0 Å². The molecule has 2 rings (SSSR count). The lowest BCUT2D eigenvalue weighted by atomic mass is 10.3. The van der Waals surface area contributed by atoms with Crippen molar-refractivity contribution in [2.24, 2.45) is 19.1 Å². The van der Waals surface area contributed by atoms with Gasteiger partial charge in [-0.1, -0.05) is 13.3 Å². The second kappa shape index (κ2) is 10.4. The summed E-state index contributed by atoms with van der Waals surface area (Å²) in [5.74, 6) is 2.66. The molecule has 2 heterocycles. The van der Waals surface area contributed by atoms with Crippen LogP contribution in [0.5, 0.6) is 0 Å². The molecule has 0 unspecified atom stereocenters. The molecule has 0 aliphatic rings. The third-order valence-corrected chi connectivity index (χ3v) is 4.18. The van der Waals surface area contributed by atoms with Gasteiger partial charge in [0.2, 0.25) is 0 Å². The standard InChI is InChI=1S/C17H29N7.HI/c1-6-7-10-18-17(19-12-16-21-20-14(2)24(16)5)23(4)13-15-9-8-11-22(15)3;/h8-9,11H,6-7,10,12-13H2,1-5H3,(H,18,19);1H. The van der Waals surface area contributed by atoms with Crippen LogP contribution in [0.25, 0.3) is 0 Å². The third kappa shape index (κ3) is 6.02. The molecule has 2 aromatic heterocycles. The molecule has 1 N–H and O–H groups in total.